The molecule has 0 aliphatic rings. The van der Waals surface area contributed by atoms with E-state index in [0.29, 0.717) is 20.3 Å². The average Bonchev–Trinajstić information content (AvgIpc) is 2.51. The molecule has 0 aliphatic carbocycles. The van der Waals surface area contributed by atoms with Gasteiger partial charge in [0.1, 0.15) is 0 Å². The van der Waals surface area contributed by atoms with Gasteiger partial charge in [0.25, 0.3) is 0 Å². The molecule has 0 spiro atoms. The van der Waals surface area contributed by atoms with E-state index in [-0.39, 0.29) is 5.63 Å². The molecule has 0 fully saturated rings. The Morgan fingerprint density at radius 1 is 0.950 bits per heavy atom. The van der Waals surface area contributed by atoms with Gasteiger partial charge in [-0.3, -0.25) is 0 Å². The van der Waals surface area contributed by atoms with Crippen LogP contribution < -0.4 is 10.1 Å². The topological polar surface area (TPSA) is 30.2 Å². The van der Waals surface area contributed by atoms with Gasteiger partial charge in [-0.05, 0) is 0 Å². The van der Waals surface area contributed by atoms with Crippen LogP contribution in [0.5, 0.6) is 0 Å². The zero-order chi connectivity index (χ0) is 13.9. The fraction of sp³-hybridized carbons (Fsp3) is 0.118. The van der Waals surface area contributed by atoms with Gasteiger partial charge < -0.3 is 0 Å². The summed E-state index contributed by atoms with van der Waals surface area (Å²) in [5.41, 5.74) is 0.718. The minimum atomic E-state index is -0.255. The normalized spacial score (nSPS) is 10.8. The van der Waals surface area contributed by atoms with Crippen molar-refractivity contribution in [1.29, 1.82) is 0 Å². The second-order valence-electron chi connectivity index (χ2n) is 4.39. The number of hydrogen-bond donors (Lipinski definition) is 0. The number of rotatable bonds is 3. The van der Waals surface area contributed by atoms with Crippen molar-refractivity contribution in [2.45, 2.75) is 12.2 Å². The van der Waals surface area contributed by atoms with Gasteiger partial charge in [0.15, 0.2) is 0 Å². The minimum absolute atomic E-state index is 0.255. The van der Waals surface area contributed by atoms with Crippen molar-refractivity contribution in [3.8, 4) is 11.3 Å². The number of benzene rings is 2. The van der Waals surface area contributed by atoms with Crippen LogP contribution in [0.4, 0.5) is 0 Å². The zero-order valence-electron chi connectivity index (χ0n) is 11.1. The molecule has 3 heteroatoms. The molecule has 0 bridgehead atoms. The first kappa shape index (κ1) is 13.2. The second-order valence-corrected chi connectivity index (χ2v) is 7.07. The first-order chi connectivity index (χ1) is 9.81. The van der Waals surface area contributed by atoms with Gasteiger partial charge in [-0.1, -0.05) is 0 Å². The fourth-order valence-electron chi connectivity index (χ4n) is 2.24. The zero-order valence-corrected chi connectivity index (χ0v) is 12.8. The summed E-state index contributed by atoms with van der Waals surface area (Å²) in [6.45, 7) is 2.16. The Morgan fingerprint density at radius 2 is 1.60 bits per heavy atom. The van der Waals surface area contributed by atoms with Crippen LogP contribution in [0.1, 0.15) is 6.92 Å². The summed E-state index contributed by atoms with van der Waals surface area (Å²) in [7, 11) is 0. The summed E-state index contributed by atoms with van der Waals surface area (Å²) in [5, 5.41) is 2.78. The third kappa shape index (κ3) is 2.31. The van der Waals surface area contributed by atoms with Gasteiger partial charge in [0, 0.05) is 0 Å². The third-order valence-electron chi connectivity index (χ3n) is 3.12. The first-order valence-corrected chi connectivity index (χ1v) is 8.62. The summed E-state index contributed by atoms with van der Waals surface area (Å²) >= 11 is 0.294. The number of hydrogen-bond acceptors (Lipinski definition) is 2. The van der Waals surface area contributed by atoms with Crippen molar-refractivity contribution >= 4 is 30.2 Å². The van der Waals surface area contributed by atoms with E-state index in [1.807, 2.05) is 54.6 Å². The molecule has 20 heavy (non-hydrogen) atoms. The van der Waals surface area contributed by atoms with Crippen molar-refractivity contribution in [2.75, 3.05) is 0 Å². The fourth-order valence-corrected chi connectivity index (χ4v) is 4.16. The molecule has 3 rings (SSSR count). The van der Waals surface area contributed by atoms with Crippen LogP contribution in [0.25, 0.3) is 22.1 Å². The van der Waals surface area contributed by atoms with Crippen LogP contribution in [0.15, 0.2) is 63.8 Å². The molecule has 0 N–H and O–H groups in total. The van der Waals surface area contributed by atoms with Crippen molar-refractivity contribution in [1.82, 2.24) is 0 Å². The Morgan fingerprint density at radius 3 is 2.30 bits per heavy atom. The van der Waals surface area contributed by atoms with Gasteiger partial charge >= 0.3 is 123 Å². The second kappa shape index (κ2) is 5.66. The van der Waals surface area contributed by atoms with Gasteiger partial charge in [-0.15, -0.1) is 0 Å². The monoisotopic (exact) mass is 330 g/mol. The summed E-state index contributed by atoms with van der Waals surface area (Å²) in [6.07, 6.45) is 0. The van der Waals surface area contributed by atoms with E-state index >= 15 is 0 Å². The molecule has 0 radical (unpaired) electrons. The Kier molecular flexibility index (Phi) is 3.72. The van der Waals surface area contributed by atoms with Crippen LogP contribution in [-0.2, 0) is 0 Å². The molecule has 2 aromatic carbocycles. The summed E-state index contributed by atoms with van der Waals surface area (Å²) < 4.78 is 6.80. The number of fused-ring (bicyclic) bond motifs is 1. The molecule has 2 nitrogen and oxygen atoms in total. The quantitative estimate of drug-likeness (QED) is 0.691. The molecule has 0 unspecified atom stereocenters. The van der Waals surface area contributed by atoms with Crippen LogP contribution in [0.2, 0.25) is 5.32 Å². The average molecular weight is 329 g/mol. The summed E-state index contributed by atoms with van der Waals surface area (Å²) in [5.74, 6) is 0.733. The van der Waals surface area contributed by atoms with Crippen molar-refractivity contribution in [3.63, 3.8) is 0 Å². The van der Waals surface area contributed by atoms with Crippen molar-refractivity contribution < 1.29 is 4.42 Å². The van der Waals surface area contributed by atoms with E-state index in [9.17, 15) is 4.79 Å². The van der Waals surface area contributed by atoms with Crippen LogP contribution in [-0.4, -0.2) is 15.0 Å². The standard InChI is InChI=1S/C17H14O2Se/c1-2-20-16-13-10-6-7-11-14(13)17(18)19-15(16)12-8-4-3-5-9-12/h3-11H,2H2,1H3. The van der Waals surface area contributed by atoms with Gasteiger partial charge in [-0.2, -0.15) is 0 Å². The van der Waals surface area contributed by atoms with Crippen LogP contribution >= 0.6 is 0 Å². The molecule has 1 heterocycles. The maximum atomic E-state index is 12.2. The third-order valence-corrected chi connectivity index (χ3v) is 5.18. The Hall–Kier alpha value is -1.83. The summed E-state index contributed by atoms with van der Waals surface area (Å²) in [6, 6.07) is 17.6. The molecular weight excluding hydrogens is 315 g/mol. The van der Waals surface area contributed by atoms with E-state index in [1.165, 1.54) is 4.46 Å². The molecule has 0 aliphatic heterocycles. The molecule has 0 atom stereocenters. The molecule has 1 aromatic heterocycles. The molecule has 0 saturated carbocycles. The van der Waals surface area contributed by atoms with Gasteiger partial charge in [0.05, 0.1) is 0 Å². The molecule has 3 aromatic rings. The molecule has 0 amide bonds. The van der Waals surface area contributed by atoms with E-state index in [2.05, 4.69) is 6.92 Å². The Labute approximate surface area is 123 Å². The van der Waals surface area contributed by atoms with Crippen molar-refractivity contribution in [2.24, 2.45) is 0 Å². The van der Waals surface area contributed by atoms with Crippen molar-refractivity contribution in [3.05, 3.63) is 65.0 Å². The van der Waals surface area contributed by atoms with Gasteiger partial charge in [-0.25, -0.2) is 0 Å². The summed E-state index contributed by atoms with van der Waals surface area (Å²) in [4.78, 5) is 12.2. The predicted octanol–water partition coefficient (Wildman–Crippen LogP) is 3.23. The van der Waals surface area contributed by atoms with Crippen LogP contribution in [0, 0.1) is 0 Å². The van der Waals surface area contributed by atoms with Crippen LogP contribution in [0.3, 0.4) is 0 Å². The van der Waals surface area contributed by atoms with E-state index in [0.717, 1.165) is 22.0 Å². The molecule has 0 saturated heterocycles. The van der Waals surface area contributed by atoms with E-state index < -0.39 is 0 Å². The first-order valence-electron chi connectivity index (χ1n) is 6.55. The predicted molar refractivity (Wildman–Crippen MR) is 83.8 cm³/mol. The molecular formula is C17H14O2Se. The van der Waals surface area contributed by atoms with Gasteiger partial charge in [0.2, 0.25) is 0 Å². The van der Waals surface area contributed by atoms with E-state index in [1.54, 1.807) is 0 Å². The Balaban J connectivity index is 2.37. The molecule has 100 valence electrons. The SMILES string of the molecule is CC[Se]c1c(-c2ccccc2)oc(=O)c2ccccc12. The maximum absolute atomic E-state index is 12.2. The van der Waals surface area contributed by atoms with E-state index in [4.69, 9.17) is 4.42 Å². The Bertz CT molecular complexity index is 791.